The van der Waals surface area contributed by atoms with E-state index in [9.17, 15) is 0 Å². The minimum Gasteiger partial charge on any atom is -0.458 e. The number of fused-ring (bicyclic) bond motifs is 8. The molecule has 4 aliphatic heterocycles. The highest BCUT2D eigenvalue weighted by atomic mass is 16.5. The van der Waals surface area contributed by atoms with Gasteiger partial charge in [0.15, 0.2) is 0 Å². The van der Waals surface area contributed by atoms with Gasteiger partial charge in [0.25, 0.3) is 13.4 Å². The average molecular weight is 1160 g/mol. The molecule has 5 nitrogen and oxygen atoms in total. The van der Waals surface area contributed by atoms with Crippen LogP contribution >= 0.6 is 0 Å². The number of anilines is 9. The van der Waals surface area contributed by atoms with E-state index in [0.717, 1.165) is 146 Å². The lowest BCUT2D eigenvalue weighted by atomic mass is 9.31. The topological polar surface area (TPSA) is 28.2 Å². The Labute approximate surface area is 530 Å². The molecule has 0 spiro atoms. The van der Waals surface area contributed by atoms with Crippen molar-refractivity contribution in [1.82, 2.24) is 0 Å². The van der Waals surface area contributed by atoms with Crippen molar-refractivity contribution in [1.29, 1.82) is 0 Å². The van der Waals surface area contributed by atoms with Crippen molar-refractivity contribution >= 4 is 97.4 Å². The van der Waals surface area contributed by atoms with Gasteiger partial charge in [-0.1, -0.05) is 267 Å². The normalized spacial score (nSPS) is 12.7. The van der Waals surface area contributed by atoms with Crippen molar-refractivity contribution in [2.24, 2.45) is 0 Å². The third-order valence-corrected chi connectivity index (χ3v) is 18.7. The SMILES string of the molecule is c1ccc(-c2cc3c4c(c2)N(c2c(-c5ccccc5)cccc2-c2ccccc2)c2cc5c(cc2B4c2ccccc2N3c2c(-c3ccccc3)cccc2-c2ccccc2)B2c3ccccc3Oc3cc(N(c4ccccc4)c4ccccc4)cc(c32)O5)cc1. The van der Waals surface area contributed by atoms with E-state index < -0.39 is 0 Å². The fraction of sp³-hybridized carbons (Fsp3) is 0. The number of ether oxygens (including phenoxy) is 2. The minimum atomic E-state index is -0.240. The zero-order chi connectivity index (χ0) is 59.9. The predicted octanol–water partition coefficient (Wildman–Crippen LogP) is 18.3. The second-order valence-corrected chi connectivity index (χ2v) is 23.8. The highest BCUT2D eigenvalue weighted by Crippen LogP contribution is 2.54. The van der Waals surface area contributed by atoms with Crippen molar-refractivity contribution in [3.8, 4) is 78.6 Å². The lowest BCUT2D eigenvalue weighted by Crippen LogP contribution is -2.64. The van der Waals surface area contributed by atoms with Crippen LogP contribution in [0.5, 0.6) is 23.0 Å². The van der Waals surface area contributed by atoms with E-state index in [-0.39, 0.29) is 13.4 Å². The van der Waals surface area contributed by atoms with Crippen LogP contribution in [0.3, 0.4) is 0 Å². The van der Waals surface area contributed by atoms with Gasteiger partial charge in [0, 0.05) is 80.0 Å². The van der Waals surface area contributed by atoms with Crippen molar-refractivity contribution in [2.45, 2.75) is 0 Å². The molecule has 0 saturated heterocycles. The molecule has 0 amide bonds. The van der Waals surface area contributed by atoms with Crippen molar-refractivity contribution < 1.29 is 9.47 Å². The molecule has 424 valence electrons. The van der Waals surface area contributed by atoms with Gasteiger partial charge < -0.3 is 24.2 Å². The summed E-state index contributed by atoms with van der Waals surface area (Å²) < 4.78 is 14.8. The maximum Gasteiger partial charge on any atom is 0.260 e. The van der Waals surface area contributed by atoms with Gasteiger partial charge in [0.1, 0.15) is 23.0 Å². The highest BCUT2D eigenvalue weighted by Gasteiger charge is 2.48. The third kappa shape index (κ3) is 8.57. The molecule has 0 aromatic heterocycles. The zero-order valence-electron chi connectivity index (χ0n) is 49.6. The first-order chi connectivity index (χ1) is 45.2. The number of hydrogen-bond donors (Lipinski definition) is 0. The Morgan fingerprint density at radius 2 is 0.626 bits per heavy atom. The minimum absolute atomic E-state index is 0.229. The smallest absolute Gasteiger partial charge is 0.260 e. The van der Waals surface area contributed by atoms with Crippen LogP contribution in [0.15, 0.2) is 334 Å². The molecule has 0 fully saturated rings. The van der Waals surface area contributed by atoms with Gasteiger partial charge in [-0.25, -0.2) is 0 Å². The second kappa shape index (κ2) is 21.5. The molecule has 0 aliphatic carbocycles. The second-order valence-electron chi connectivity index (χ2n) is 23.8. The molecule has 0 radical (unpaired) electrons. The van der Waals surface area contributed by atoms with Crippen LogP contribution in [-0.4, -0.2) is 13.4 Å². The Bertz CT molecular complexity index is 4980. The molecule has 91 heavy (non-hydrogen) atoms. The number of rotatable bonds is 10. The summed E-state index contributed by atoms with van der Waals surface area (Å²) in [6.45, 7) is -0.469. The molecule has 4 heterocycles. The van der Waals surface area contributed by atoms with Gasteiger partial charge in [-0.15, -0.1) is 0 Å². The van der Waals surface area contributed by atoms with Gasteiger partial charge in [0.05, 0.1) is 17.1 Å². The third-order valence-electron chi connectivity index (χ3n) is 18.7. The molecule has 0 unspecified atom stereocenters. The summed E-state index contributed by atoms with van der Waals surface area (Å²) in [5.41, 5.74) is 27.6. The molecule has 4 aliphatic rings. The number of benzene rings is 14. The van der Waals surface area contributed by atoms with Gasteiger partial charge in [-0.05, 0) is 109 Å². The predicted molar refractivity (Wildman–Crippen MR) is 380 cm³/mol. The standard InChI is InChI=1S/C84H55B2N3O2/c1-8-28-56(29-9-1)61-50-75-81-76(51-61)89(84-67(59-34-14-4-15-35-59)44-27-45-68(84)60-36-16-5-17-37-60)74-55-78-72(86-70-47-23-25-49-77(70)90-79-52-64(53-80(91-78)82(79)86)87(62-38-18-6-19-39-62)63-40-20-7-21-41-63)54-71(74)85(81)69-46-22-24-48-73(69)88(75)83-65(57-30-10-2-11-31-57)42-26-43-66(83)58-32-12-3-13-33-58/h1-55H. The van der Waals surface area contributed by atoms with Crippen LogP contribution in [0.25, 0.3) is 55.6 Å². The molecule has 7 heteroatoms. The molecule has 0 atom stereocenters. The highest BCUT2D eigenvalue weighted by molar-refractivity contribution is 7.02. The largest absolute Gasteiger partial charge is 0.458 e. The quantitative estimate of drug-likeness (QED) is 0.127. The van der Waals surface area contributed by atoms with Crippen LogP contribution < -0.4 is 57.0 Å². The number of hydrogen-bond acceptors (Lipinski definition) is 5. The van der Waals surface area contributed by atoms with Crippen LogP contribution in [-0.2, 0) is 0 Å². The summed E-state index contributed by atoms with van der Waals surface area (Å²) in [4.78, 5) is 7.51. The number of para-hydroxylation sites is 6. The van der Waals surface area contributed by atoms with Gasteiger partial charge in [0.2, 0.25) is 0 Å². The Morgan fingerprint density at radius 1 is 0.231 bits per heavy atom. The van der Waals surface area contributed by atoms with Crippen LogP contribution in [0.1, 0.15) is 0 Å². The average Bonchev–Trinajstić information content (AvgIpc) is 0.696. The summed E-state index contributed by atoms with van der Waals surface area (Å²) in [7, 11) is 0. The van der Waals surface area contributed by atoms with E-state index in [0.29, 0.717) is 0 Å². The fourth-order valence-corrected chi connectivity index (χ4v) is 14.9. The summed E-state index contributed by atoms with van der Waals surface area (Å²) >= 11 is 0. The molecule has 0 saturated carbocycles. The Hall–Kier alpha value is -11.8. The maximum absolute atomic E-state index is 7.68. The lowest BCUT2D eigenvalue weighted by Gasteiger charge is -2.46. The first-order valence-electron chi connectivity index (χ1n) is 31.3. The van der Waals surface area contributed by atoms with Crippen LogP contribution in [0.4, 0.5) is 51.2 Å². The molecule has 14 aromatic rings. The molecule has 0 bridgehead atoms. The van der Waals surface area contributed by atoms with Gasteiger partial charge >= 0.3 is 0 Å². The Morgan fingerprint density at radius 3 is 1.12 bits per heavy atom. The number of nitrogens with zero attached hydrogens (tertiary/aromatic N) is 3. The van der Waals surface area contributed by atoms with Gasteiger partial charge in [-0.3, -0.25) is 0 Å². The van der Waals surface area contributed by atoms with Crippen LogP contribution in [0.2, 0.25) is 0 Å². The summed E-state index contributed by atoms with van der Waals surface area (Å²) in [6, 6.07) is 121. The summed E-state index contributed by atoms with van der Waals surface area (Å²) in [5, 5.41) is 0. The van der Waals surface area contributed by atoms with E-state index in [1.165, 1.54) is 16.4 Å². The van der Waals surface area contributed by atoms with Crippen molar-refractivity contribution in [2.75, 3.05) is 14.7 Å². The molecule has 0 N–H and O–H groups in total. The molecule has 14 aromatic carbocycles. The first-order valence-corrected chi connectivity index (χ1v) is 31.3. The van der Waals surface area contributed by atoms with Gasteiger partial charge in [-0.2, -0.15) is 0 Å². The molecular weight excluding hydrogens is 1100 g/mol. The molecule has 18 rings (SSSR count). The lowest BCUT2D eigenvalue weighted by molar-refractivity contribution is 0.465. The van der Waals surface area contributed by atoms with Crippen molar-refractivity contribution in [3.63, 3.8) is 0 Å². The van der Waals surface area contributed by atoms with Crippen LogP contribution in [0, 0.1) is 0 Å². The Balaban J connectivity index is 0.967. The van der Waals surface area contributed by atoms with Crippen molar-refractivity contribution in [3.05, 3.63) is 334 Å². The van der Waals surface area contributed by atoms with E-state index in [4.69, 9.17) is 9.47 Å². The fourth-order valence-electron chi connectivity index (χ4n) is 14.9. The summed E-state index contributed by atoms with van der Waals surface area (Å²) in [5.74, 6) is 3.15. The maximum atomic E-state index is 7.68. The van der Waals surface area contributed by atoms with E-state index >= 15 is 0 Å². The summed E-state index contributed by atoms with van der Waals surface area (Å²) in [6.07, 6.45) is 0. The zero-order valence-corrected chi connectivity index (χ0v) is 49.6. The Kier molecular flexibility index (Phi) is 12.4. The van der Waals surface area contributed by atoms with E-state index in [1.54, 1.807) is 0 Å². The van der Waals surface area contributed by atoms with E-state index in [2.05, 4.69) is 348 Å². The molecular formula is C84H55B2N3O2. The monoisotopic (exact) mass is 1160 g/mol. The van der Waals surface area contributed by atoms with E-state index in [1.807, 2.05) is 0 Å². The first kappa shape index (κ1) is 52.3.